The molecule has 0 unspecified atom stereocenters. The summed E-state index contributed by atoms with van der Waals surface area (Å²) < 4.78 is 1.51. The maximum Gasteiger partial charge on any atom is 0.336 e. The fourth-order valence-electron chi connectivity index (χ4n) is 2.05. The monoisotopic (exact) mass is 372 g/mol. The van der Waals surface area contributed by atoms with Crippen LogP contribution < -0.4 is 0 Å². The average Bonchev–Trinajstić information content (AvgIpc) is 3.07. The van der Waals surface area contributed by atoms with Crippen LogP contribution in [0.5, 0.6) is 0 Å². The van der Waals surface area contributed by atoms with E-state index in [9.17, 15) is 9.90 Å². The van der Waals surface area contributed by atoms with E-state index >= 15 is 0 Å². The second-order valence-electron chi connectivity index (χ2n) is 5.01. The second kappa shape index (κ2) is 7.96. The third-order valence-corrected chi connectivity index (χ3v) is 4.55. The summed E-state index contributed by atoms with van der Waals surface area (Å²) in [6.07, 6.45) is 2.96. The highest BCUT2D eigenvalue weighted by molar-refractivity contribution is 7.98. The van der Waals surface area contributed by atoms with Crippen LogP contribution in [-0.4, -0.2) is 32.2 Å². The van der Waals surface area contributed by atoms with Gasteiger partial charge in [0, 0.05) is 16.3 Å². The fraction of sp³-hybridized carbons (Fsp3) is 0.0588. The van der Waals surface area contributed by atoms with E-state index in [0.29, 0.717) is 21.5 Å². The van der Waals surface area contributed by atoms with E-state index in [1.54, 1.807) is 18.2 Å². The van der Waals surface area contributed by atoms with Crippen LogP contribution in [0.15, 0.2) is 65.1 Å². The van der Waals surface area contributed by atoms with Crippen molar-refractivity contribution < 1.29 is 9.90 Å². The van der Waals surface area contributed by atoms with Gasteiger partial charge in [0.1, 0.15) is 6.33 Å². The molecule has 1 N–H and O–H groups in total. The number of halogens is 1. The van der Waals surface area contributed by atoms with Crippen molar-refractivity contribution in [1.82, 2.24) is 14.9 Å². The lowest BCUT2D eigenvalue weighted by Gasteiger charge is -2.02. The quantitative estimate of drug-likeness (QED) is 0.525. The summed E-state index contributed by atoms with van der Waals surface area (Å²) in [5.41, 5.74) is 1.80. The van der Waals surface area contributed by atoms with Crippen molar-refractivity contribution in [2.24, 2.45) is 5.10 Å². The highest BCUT2D eigenvalue weighted by atomic mass is 35.5. The Morgan fingerprint density at radius 2 is 2.00 bits per heavy atom. The minimum absolute atomic E-state index is 0.190. The van der Waals surface area contributed by atoms with Gasteiger partial charge in [-0.05, 0) is 23.8 Å². The van der Waals surface area contributed by atoms with Gasteiger partial charge in [-0.25, -0.2) is 4.79 Å². The molecule has 0 atom stereocenters. The molecule has 3 rings (SSSR count). The van der Waals surface area contributed by atoms with Gasteiger partial charge in [0.15, 0.2) is 0 Å². The van der Waals surface area contributed by atoms with E-state index in [1.807, 2.05) is 24.3 Å². The minimum Gasteiger partial charge on any atom is -0.478 e. The van der Waals surface area contributed by atoms with E-state index < -0.39 is 5.97 Å². The standard InChI is InChI=1S/C17H13ClN4O2S/c18-14-7-5-12(6-8-14)10-25-17-21-19-11-22(17)20-9-13-3-1-2-4-15(13)16(23)24/h1-9,11H,10H2,(H,23,24)/b20-9-. The van der Waals surface area contributed by atoms with Gasteiger partial charge in [-0.1, -0.05) is 53.7 Å². The molecule has 0 saturated carbocycles. The number of rotatable bonds is 6. The van der Waals surface area contributed by atoms with Gasteiger partial charge in [0.05, 0.1) is 11.8 Å². The number of aromatic nitrogens is 3. The number of aromatic carboxylic acids is 1. The Kier molecular flexibility index (Phi) is 5.47. The van der Waals surface area contributed by atoms with Crippen molar-refractivity contribution in [3.63, 3.8) is 0 Å². The molecule has 0 amide bonds. The molecule has 25 heavy (non-hydrogen) atoms. The maximum absolute atomic E-state index is 11.2. The highest BCUT2D eigenvalue weighted by Crippen LogP contribution is 2.21. The number of carbonyl (C=O) groups is 1. The molecule has 3 aromatic rings. The minimum atomic E-state index is -0.997. The summed E-state index contributed by atoms with van der Waals surface area (Å²) in [6.45, 7) is 0. The first-order valence-electron chi connectivity index (χ1n) is 7.27. The Bertz CT molecular complexity index is 909. The van der Waals surface area contributed by atoms with Crippen LogP contribution in [0.4, 0.5) is 0 Å². The molecule has 8 heteroatoms. The third-order valence-electron chi connectivity index (χ3n) is 3.29. The summed E-state index contributed by atoms with van der Waals surface area (Å²) in [5, 5.41) is 22.7. The summed E-state index contributed by atoms with van der Waals surface area (Å²) in [5.74, 6) is -0.306. The molecule has 0 bridgehead atoms. The number of nitrogens with zero attached hydrogens (tertiary/aromatic N) is 4. The first-order chi connectivity index (χ1) is 12.1. The van der Waals surface area contributed by atoms with Crippen LogP contribution in [-0.2, 0) is 5.75 Å². The zero-order chi connectivity index (χ0) is 17.6. The highest BCUT2D eigenvalue weighted by Gasteiger charge is 2.08. The Morgan fingerprint density at radius 1 is 1.24 bits per heavy atom. The van der Waals surface area contributed by atoms with E-state index in [0.717, 1.165) is 5.56 Å². The molecule has 0 aliphatic rings. The fourth-order valence-corrected chi connectivity index (χ4v) is 3.00. The van der Waals surface area contributed by atoms with Crippen LogP contribution >= 0.6 is 23.4 Å². The van der Waals surface area contributed by atoms with Gasteiger partial charge in [-0.2, -0.15) is 9.78 Å². The van der Waals surface area contributed by atoms with Crippen LogP contribution in [0, 0.1) is 0 Å². The second-order valence-corrected chi connectivity index (χ2v) is 6.39. The first kappa shape index (κ1) is 17.2. The van der Waals surface area contributed by atoms with Crippen LogP contribution in [0.1, 0.15) is 21.5 Å². The van der Waals surface area contributed by atoms with Gasteiger partial charge in [-0.15, -0.1) is 10.2 Å². The molecule has 0 saturated heterocycles. The first-order valence-corrected chi connectivity index (χ1v) is 8.64. The van der Waals surface area contributed by atoms with E-state index in [1.165, 1.54) is 35.0 Å². The molecule has 6 nitrogen and oxygen atoms in total. The van der Waals surface area contributed by atoms with Gasteiger partial charge in [0.25, 0.3) is 0 Å². The van der Waals surface area contributed by atoms with Crippen molar-refractivity contribution >= 4 is 35.5 Å². The molecule has 1 heterocycles. The molecule has 0 fully saturated rings. The average molecular weight is 373 g/mol. The van der Waals surface area contributed by atoms with Crippen molar-refractivity contribution in [2.75, 3.05) is 0 Å². The Labute approximate surface area is 153 Å². The zero-order valence-corrected chi connectivity index (χ0v) is 14.5. The van der Waals surface area contributed by atoms with Gasteiger partial charge >= 0.3 is 5.97 Å². The van der Waals surface area contributed by atoms with Crippen LogP contribution in [0.3, 0.4) is 0 Å². The summed E-state index contributed by atoms with van der Waals surface area (Å²) in [7, 11) is 0. The third kappa shape index (κ3) is 4.46. The molecular weight excluding hydrogens is 360 g/mol. The summed E-state index contributed by atoms with van der Waals surface area (Å²) >= 11 is 7.35. The number of hydrogen-bond acceptors (Lipinski definition) is 5. The normalized spacial score (nSPS) is 11.1. The zero-order valence-electron chi connectivity index (χ0n) is 12.9. The number of carboxylic acid groups (broad SMARTS) is 1. The Balaban J connectivity index is 1.73. The van der Waals surface area contributed by atoms with E-state index in [-0.39, 0.29) is 5.56 Å². The van der Waals surface area contributed by atoms with Gasteiger partial charge < -0.3 is 5.11 Å². The molecular formula is C17H13ClN4O2S. The maximum atomic E-state index is 11.2. The molecule has 0 radical (unpaired) electrons. The molecule has 0 spiro atoms. The number of benzene rings is 2. The van der Waals surface area contributed by atoms with Crippen molar-refractivity contribution in [2.45, 2.75) is 10.9 Å². The summed E-state index contributed by atoms with van der Waals surface area (Å²) in [6, 6.07) is 14.2. The number of thioether (sulfide) groups is 1. The van der Waals surface area contributed by atoms with Crippen molar-refractivity contribution in [3.8, 4) is 0 Å². The Morgan fingerprint density at radius 3 is 2.76 bits per heavy atom. The van der Waals surface area contributed by atoms with E-state index in [2.05, 4.69) is 15.3 Å². The lowest BCUT2D eigenvalue weighted by Crippen LogP contribution is -2.02. The van der Waals surface area contributed by atoms with Crippen LogP contribution in [0.2, 0.25) is 5.02 Å². The van der Waals surface area contributed by atoms with Crippen molar-refractivity contribution in [3.05, 3.63) is 76.6 Å². The van der Waals surface area contributed by atoms with Crippen LogP contribution in [0.25, 0.3) is 0 Å². The summed E-state index contributed by atoms with van der Waals surface area (Å²) in [4.78, 5) is 11.2. The predicted molar refractivity (Wildman–Crippen MR) is 97.4 cm³/mol. The lowest BCUT2D eigenvalue weighted by atomic mass is 10.1. The van der Waals surface area contributed by atoms with Gasteiger partial charge in [0.2, 0.25) is 5.16 Å². The molecule has 2 aromatic carbocycles. The Hall–Kier alpha value is -2.64. The number of carboxylic acids is 1. The topological polar surface area (TPSA) is 80.4 Å². The largest absolute Gasteiger partial charge is 0.478 e. The smallest absolute Gasteiger partial charge is 0.336 e. The molecule has 1 aromatic heterocycles. The van der Waals surface area contributed by atoms with E-state index in [4.69, 9.17) is 11.6 Å². The predicted octanol–water partition coefficient (Wildman–Crippen LogP) is 3.80. The molecule has 0 aliphatic carbocycles. The number of hydrogen-bond donors (Lipinski definition) is 1. The van der Waals surface area contributed by atoms with Crippen molar-refractivity contribution in [1.29, 1.82) is 0 Å². The SMILES string of the molecule is O=C(O)c1ccccc1/C=N\n1cnnc1SCc1ccc(Cl)cc1. The van der Waals surface area contributed by atoms with Gasteiger partial charge in [-0.3, -0.25) is 0 Å². The molecule has 0 aliphatic heterocycles. The lowest BCUT2D eigenvalue weighted by molar-refractivity contribution is 0.0697. The molecule has 126 valence electrons.